The number of carbonyl (C=O) groups is 1. The highest BCUT2D eigenvalue weighted by Gasteiger charge is 2.02. The van der Waals surface area contributed by atoms with Crippen molar-refractivity contribution in [2.45, 2.75) is 24.2 Å². The summed E-state index contributed by atoms with van der Waals surface area (Å²) in [5.41, 5.74) is 0. The van der Waals surface area contributed by atoms with Crippen molar-refractivity contribution in [1.82, 2.24) is 5.32 Å². The Morgan fingerprint density at radius 3 is 2.75 bits per heavy atom. The van der Waals surface area contributed by atoms with Crippen molar-refractivity contribution in [2.75, 3.05) is 12.3 Å². The molecule has 4 heteroatoms. The van der Waals surface area contributed by atoms with Crippen LogP contribution in [0.15, 0.2) is 52.7 Å². The molecule has 2 aromatic rings. The third-order valence-corrected chi connectivity index (χ3v) is 4.79. The lowest BCUT2D eigenvalue weighted by molar-refractivity contribution is -0.121. The molecule has 0 saturated heterocycles. The average molecular weight is 305 g/mol. The molecule has 0 spiro atoms. The van der Waals surface area contributed by atoms with Crippen LogP contribution in [0.4, 0.5) is 0 Å². The van der Waals surface area contributed by atoms with Crippen LogP contribution >= 0.6 is 23.1 Å². The molecule has 20 heavy (non-hydrogen) atoms. The van der Waals surface area contributed by atoms with Crippen molar-refractivity contribution >= 4 is 29.0 Å². The predicted molar refractivity (Wildman–Crippen MR) is 87.4 cm³/mol. The summed E-state index contributed by atoms with van der Waals surface area (Å²) in [6.07, 6.45) is 2.55. The first-order valence-corrected chi connectivity index (χ1v) is 8.68. The number of thiophene rings is 1. The molecule has 2 rings (SSSR count). The second-order valence-corrected chi connectivity index (χ2v) is 6.64. The van der Waals surface area contributed by atoms with Gasteiger partial charge in [-0.3, -0.25) is 4.79 Å². The first-order chi connectivity index (χ1) is 9.84. The molecular formula is C16H19NOS2. The van der Waals surface area contributed by atoms with Crippen LogP contribution in [-0.4, -0.2) is 18.2 Å². The smallest absolute Gasteiger partial charge is 0.220 e. The molecule has 0 radical (unpaired) electrons. The van der Waals surface area contributed by atoms with Crippen molar-refractivity contribution in [1.29, 1.82) is 0 Å². The molecule has 0 saturated carbocycles. The van der Waals surface area contributed by atoms with E-state index in [2.05, 4.69) is 35.0 Å². The van der Waals surface area contributed by atoms with Crippen molar-refractivity contribution < 1.29 is 4.79 Å². The summed E-state index contributed by atoms with van der Waals surface area (Å²) in [5, 5.41) is 5.06. The molecule has 0 fully saturated rings. The molecule has 1 N–H and O–H groups in total. The fourth-order valence-electron chi connectivity index (χ4n) is 1.84. The Hall–Kier alpha value is -1.26. The molecule has 0 aliphatic heterocycles. The number of hydrogen-bond donors (Lipinski definition) is 1. The monoisotopic (exact) mass is 305 g/mol. The van der Waals surface area contributed by atoms with Gasteiger partial charge in [-0.2, -0.15) is 0 Å². The maximum atomic E-state index is 11.7. The number of aryl methyl sites for hydroxylation is 1. The largest absolute Gasteiger partial charge is 0.355 e. The Balaban J connectivity index is 1.52. The molecule has 106 valence electrons. The minimum Gasteiger partial charge on any atom is -0.355 e. The van der Waals surface area contributed by atoms with Gasteiger partial charge in [-0.05, 0) is 36.4 Å². The van der Waals surface area contributed by atoms with Crippen LogP contribution < -0.4 is 5.32 Å². The Morgan fingerprint density at radius 2 is 2.00 bits per heavy atom. The van der Waals surface area contributed by atoms with Crippen molar-refractivity contribution in [3.63, 3.8) is 0 Å². The van der Waals surface area contributed by atoms with Crippen LogP contribution in [0.25, 0.3) is 0 Å². The molecule has 0 atom stereocenters. The van der Waals surface area contributed by atoms with Gasteiger partial charge in [-0.15, -0.1) is 23.1 Å². The van der Waals surface area contributed by atoms with Gasteiger partial charge >= 0.3 is 0 Å². The number of hydrogen-bond acceptors (Lipinski definition) is 3. The van der Waals surface area contributed by atoms with Crippen molar-refractivity contribution in [2.24, 2.45) is 0 Å². The topological polar surface area (TPSA) is 29.1 Å². The standard InChI is InChI=1S/C16H19NOS2/c18-16(10-4-8-15-9-5-12-19-15)17-11-13-20-14-6-2-1-3-7-14/h1-3,5-7,9,12H,4,8,10-11,13H2,(H,17,18). The first-order valence-electron chi connectivity index (χ1n) is 6.81. The molecule has 1 aromatic heterocycles. The van der Waals surface area contributed by atoms with Gasteiger partial charge in [0, 0.05) is 28.5 Å². The van der Waals surface area contributed by atoms with Crippen molar-refractivity contribution in [3.05, 3.63) is 52.7 Å². The zero-order valence-corrected chi connectivity index (χ0v) is 13.0. The van der Waals surface area contributed by atoms with Gasteiger partial charge < -0.3 is 5.32 Å². The molecule has 0 unspecified atom stereocenters. The molecule has 0 bridgehead atoms. The second kappa shape index (κ2) is 8.82. The molecule has 1 heterocycles. The van der Waals surface area contributed by atoms with Crippen LogP contribution in [0.3, 0.4) is 0 Å². The highest BCUT2D eigenvalue weighted by Crippen LogP contribution is 2.15. The SMILES string of the molecule is O=C(CCCc1cccs1)NCCSc1ccccc1. The molecule has 1 amide bonds. The lowest BCUT2D eigenvalue weighted by Gasteiger charge is -2.05. The number of benzene rings is 1. The maximum Gasteiger partial charge on any atom is 0.220 e. The lowest BCUT2D eigenvalue weighted by atomic mass is 10.2. The third kappa shape index (κ3) is 5.80. The van der Waals surface area contributed by atoms with Gasteiger partial charge in [0.2, 0.25) is 5.91 Å². The summed E-state index contributed by atoms with van der Waals surface area (Å²) in [6, 6.07) is 14.4. The lowest BCUT2D eigenvalue weighted by Crippen LogP contribution is -2.25. The zero-order valence-electron chi connectivity index (χ0n) is 11.4. The molecule has 0 aliphatic carbocycles. The van der Waals surface area contributed by atoms with E-state index >= 15 is 0 Å². The maximum absolute atomic E-state index is 11.7. The number of thioether (sulfide) groups is 1. The number of carbonyl (C=O) groups excluding carboxylic acids is 1. The molecule has 1 aromatic carbocycles. The summed E-state index contributed by atoms with van der Waals surface area (Å²) in [7, 11) is 0. The van der Waals surface area contributed by atoms with E-state index in [0.29, 0.717) is 6.42 Å². The summed E-state index contributed by atoms with van der Waals surface area (Å²) >= 11 is 3.53. The summed E-state index contributed by atoms with van der Waals surface area (Å²) in [4.78, 5) is 14.3. The predicted octanol–water partition coefficient (Wildman–Crippen LogP) is 3.98. The van der Waals surface area contributed by atoms with Crippen LogP contribution in [0.1, 0.15) is 17.7 Å². The van der Waals surface area contributed by atoms with Gasteiger partial charge in [-0.25, -0.2) is 0 Å². The Morgan fingerprint density at radius 1 is 1.15 bits per heavy atom. The van der Waals surface area contributed by atoms with E-state index in [0.717, 1.165) is 25.1 Å². The van der Waals surface area contributed by atoms with Crippen LogP contribution in [0, 0.1) is 0 Å². The number of rotatable bonds is 8. The summed E-state index contributed by atoms with van der Waals surface area (Å²) in [6.45, 7) is 0.734. The molecule has 2 nitrogen and oxygen atoms in total. The van der Waals surface area contributed by atoms with Crippen LogP contribution in [0.2, 0.25) is 0 Å². The quantitative estimate of drug-likeness (QED) is 0.590. The fraction of sp³-hybridized carbons (Fsp3) is 0.312. The van der Waals surface area contributed by atoms with Gasteiger partial charge in [0.15, 0.2) is 0 Å². The van der Waals surface area contributed by atoms with Gasteiger partial charge in [0.1, 0.15) is 0 Å². The van der Waals surface area contributed by atoms with E-state index in [1.165, 1.54) is 9.77 Å². The van der Waals surface area contributed by atoms with E-state index in [1.807, 2.05) is 18.2 Å². The van der Waals surface area contributed by atoms with E-state index in [1.54, 1.807) is 23.1 Å². The summed E-state index contributed by atoms with van der Waals surface area (Å²) in [5.74, 6) is 1.08. The minimum absolute atomic E-state index is 0.162. The minimum atomic E-state index is 0.162. The second-order valence-electron chi connectivity index (χ2n) is 4.44. The van der Waals surface area contributed by atoms with E-state index in [9.17, 15) is 4.79 Å². The Kier molecular flexibility index (Phi) is 6.68. The fourth-order valence-corrected chi connectivity index (χ4v) is 3.38. The van der Waals surface area contributed by atoms with Gasteiger partial charge in [0.05, 0.1) is 0 Å². The summed E-state index contributed by atoms with van der Waals surface area (Å²) < 4.78 is 0. The van der Waals surface area contributed by atoms with Gasteiger partial charge in [-0.1, -0.05) is 24.3 Å². The first kappa shape index (κ1) is 15.1. The van der Waals surface area contributed by atoms with E-state index in [-0.39, 0.29) is 5.91 Å². The van der Waals surface area contributed by atoms with Crippen LogP contribution in [-0.2, 0) is 11.2 Å². The van der Waals surface area contributed by atoms with Crippen LogP contribution in [0.5, 0.6) is 0 Å². The number of nitrogens with one attached hydrogen (secondary N) is 1. The van der Waals surface area contributed by atoms with E-state index in [4.69, 9.17) is 0 Å². The highest BCUT2D eigenvalue weighted by atomic mass is 32.2. The average Bonchev–Trinajstić information content (AvgIpc) is 2.98. The molecular weight excluding hydrogens is 286 g/mol. The van der Waals surface area contributed by atoms with Crippen molar-refractivity contribution in [3.8, 4) is 0 Å². The van der Waals surface area contributed by atoms with E-state index < -0.39 is 0 Å². The van der Waals surface area contributed by atoms with Gasteiger partial charge in [0.25, 0.3) is 0 Å². The zero-order chi connectivity index (χ0) is 14.0. The Labute approximate surface area is 128 Å². The number of amides is 1. The Bertz CT molecular complexity index is 496. The third-order valence-electron chi connectivity index (χ3n) is 2.84. The molecule has 0 aliphatic rings. The normalized spacial score (nSPS) is 10.4. The highest BCUT2D eigenvalue weighted by molar-refractivity contribution is 7.99.